The van der Waals surface area contributed by atoms with Crippen LogP contribution >= 0.6 is 22.6 Å². The number of aromatic nitrogens is 2. The molecule has 1 aliphatic rings. The van der Waals surface area contributed by atoms with E-state index in [2.05, 4.69) is 42.8 Å². The van der Waals surface area contributed by atoms with Crippen molar-refractivity contribution < 1.29 is 8.42 Å². The van der Waals surface area contributed by atoms with Crippen LogP contribution in [0.5, 0.6) is 0 Å². The van der Waals surface area contributed by atoms with E-state index in [1.165, 1.54) is 0 Å². The van der Waals surface area contributed by atoms with Crippen molar-refractivity contribution in [1.29, 1.82) is 0 Å². The molecule has 1 fully saturated rings. The minimum Gasteiger partial charge on any atom is -0.350 e. The molecular formula is C16H20IN5O2S. The Morgan fingerprint density at radius 3 is 2.44 bits per heavy atom. The van der Waals surface area contributed by atoms with Crippen molar-refractivity contribution in [3.63, 3.8) is 0 Å². The zero-order valence-electron chi connectivity index (χ0n) is 13.9. The minimum atomic E-state index is -3.50. The summed E-state index contributed by atoms with van der Waals surface area (Å²) in [4.78, 5) is 10.9. The highest BCUT2D eigenvalue weighted by Gasteiger charge is 2.29. The SMILES string of the molecule is CN1CCN(S(=O)(=O)c2ccccc2CNc2ncc(I)cn2)CC1. The van der Waals surface area contributed by atoms with Gasteiger partial charge in [-0.2, -0.15) is 4.31 Å². The van der Waals surface area contributed by atoms with E-state index in [4.69, 9.17) is 0 Å². The Balaban J connectivity index is 1.79. The van der Waals surface area contributed by atoms with Crippen molar-refractivity contribution in [2.45, 2.75) is 11.4 Å². The van der Waals surface area contributed by atoms with Crippen molar-refractivity contribution >= 4 is 38.6 Å². The number of nitrogens with zero attached hydrogens (tertiary/aromatic N) is 4. The highest BCUT2D eigenvalue weighted by molar-refractivity contribution is 14.1. The molecule has 1 aromatic heterocycles. The summed E-state index contributed by atoms with van der Waals surface area (Å²) in [5.74, 6) is 0.479. The third-order valence-electron chi connectivity index (χ3n) is 4.11. The Morgan fingerprint density at radius 2 is 1.76 bits per heavy atom. The maximum absolute atomic E-state index is 13.0. The number of hydrogen-bond donors (Lipinski definition) is 1. The number of halogens is 1. The molecule has 7 nitrogen and oxygen atoms in total. The first kappa shape index (κ1) is 18.5. The lowest BCUT2D eigenvalue weighted by molar-refractivity contribution is 0.222. The van der Waals surface area contributed by atoms with Crippen LogP contribution in [0.3, 0.4) is 0 Å². The lowest BCUT2D eigenvalue weighted by Crippen LogP contribution is -2.47. The largest absolute Gasteiger partial charge is 0.350 e. The monoisotopic (exact) mass is 473 g/mol. The Hall–Kier alpha value is -1.30. The van der Waals surface area contributed by atoms with Gasteiger partial charge in [-0.15, -0.1) is 0 Å². The topological polar surface area (TPSA) is 78.4 Å². The van der Waals surface area contributed by atoms with Crippen LogP contribution in [0.1, 0.15) is 5.56 Å². The van der Waals surface area contributed by atoms with E-state index < -0.39 is 10.0 Å². The molecule has 2 aromatic rings. The van der Waals surface area contributed by atoms with Crippen LogP contribution < -0.4 is 5.32 Å². The summed E-state index contributed by atoms with van der Waals surface area (Å²) in [6.07, 6.45) is 3.42. The predicted octanol–water partition coefficient (Wildman–Crippen LogP) is 1.63. The number of likely N-dealkylation sites (N-methyl/N-ethyl adjacent to an activating group) is 1. The second-order valence-corrected chi connectivity index (χ2v) is 9.05. The zero-order valence-corrected chi connectivity index (χ0v) is 16.9. The Bertz CT molecular complexity index is 821. The first-order valence-corrected chi connectivity index (χ1v) is 10.5. The van der Waals surface area contributed by atoms with Crippen LogP contribution in [0, 0.1) is 3.57 Å². The Labute approximate surface area is 161 Å². The van der Waals surface area contributed by atoms with Crippen molar-refractivity contribution in [3.05, 3.63) is 45.8 Å². The fraction of sp³-hybridized carbons (Fsp3) is 0.375. The van der Waals surface area contributed by atoms with Gasteiger partial charge in [-0.1, -0.05) is 18.2 Å². The molecule has 0 bridgehead atoms. The first-order chi connectivity index (χ1) is 12.0. The van der Waals surface area contributed by atoms with Gasteiger partial charge in [-0.25, -0.2) is 18.4 Å². The molecule has 0 amide bonds. The molecule has 0 saturated carbocycles. The summed E-state index contributed by atoms with van der Waals surface area (Å²) >= 11 is 2.14. The predicted molar refractivity (Wildman–Crippen MR) is 105 cm³/mol. The third-order valence-corrected chi connectivity index (χ3v) is 6.67. The third kappa shape index (κ3) is 4.46. The fourth-order valence-corrected chi connectivity index (χ4v) is 4.57. The van der Waals surface area contributed by atoms with Crippen LogP contribution in [0.15, 0.2) is 41.6 Å². The maximum Gasteiger partial charge on any atom is 0.243 e. The van der Waals surface area contributed by atoms with Crippen LogP contribution in [-0.4, -0.2) is 60.8 Å². The Kier molecular flexibility index (Phi) is 5.87. The molecule has 1 N–H and O–H groups in total. The number of nitrogens with one attached hydrogen (secondary N) is 1. The maximum atomic E-state index is 13.0. The van der Waals surface area contributed by atoms with Gasteiger partial charge in [0.25, 0.3) is 0 Å². The normalized spacial score (nSPS) is 16.7. The van der Waals surface area contributed by atoms with Crippen molar-refractivity contribution in [3.8, 4) is 0 Å². The van der Waals surface area contributed by atoms with Crippen LogP contribution in [0.2, 0.25) is 0 Å². The standard InChI is InChI=1S/C16H20IN5O2S/c1-21-6-8-22(9-7-21)25(23,24)15-5-3-2-4-13(15)10-18-16-19-11-14(17)12-20-16/h2-5,11-12H,6-10H2,1H3,(H,18,19,20). The summed E-state index contributed by atoms with van der Waals surface area (Å²) in [5.41, 5.74) is 0.712. The number of sulfonamides is 1. The molecule has 2 heterocycles. The summed E-state index contributed by atoms with van der Waals surface area (Å²) in [6, 6.07) is 7.09. The Morgan fingerprint density at radius 1 is 1.12 bits per heavy atom. The van der Waals surface area contributed by atoms with Gasteiger partial charge >= 0.3 is 0 Å². The van der Waals surface area contributed by atoms with E-state index in [0.29, 0.717) is 36.0 Å². The summed E-state index contributed by atoms with van der Waals surface area (Å²) in [6.45, 7) is 2.87. The average Bonchev–Trinajstić information content (AvgIpc) is 2.62. The van der Waals surface area contributed by atoms with Gasteiger partial charge in [0.1, 0.15) is 0 Å². The molecule has 9 heteroatoms. The van der Waals surface area contributed by atoms with E-state index in [0.717, 1.165) is 16.7 Å². The van der Waals surface area contributed by atoms with Gasteiger partial charge < -0.3 is 10.2 Å². The highest BCUT2D eigenvalue weighted by Crippen LogP contribution is 2.22. The molecule has 3 rings (SSSR count). The van der Waals surface area contributed by atoms with E-state index in [-0.39, 0.29) is 0 Å². The van der Waals surface area contributed by atoms with E-state index in [9.17, 15) is 8.42 Å². The first-order valence-electron chi connectivity index (χ1n) is 7.95. The highest BCUT2D eigenvalue weighted by atomic mass is 127. The van der Waals surface area contributed by atoms with E-state index in [1.807, 2.05) is 19.2 Å². The zero-order chi connectivity index (χ0) is 17.9. The second-order valence-electron chi connectivity index (χ2n) is 5.89. The molecule has 1 saturated heterocycles. The second kappa shape index (κ2) is 7.94. The number of anilines is 1. The quantitative estimate of drug-likeness (QED) is 0.666. The van der Waals surface area contributed by atoms with Crippen molar-refractivity contribution in [2.75, 3.05) is 38.5 Å². The lowest BCUT2D eigenvalue weighted by Gasteiger charge is -2.32. The average molecular weight is 473 g/mol. The van der Waals surface area contributed by atoms with Crippen LogP contribution in [0.25, 0.3) is 0 Å². The molecule has 134 valence electrons. The molecule has 25 heavy (non-hydrogen) atoms. The fourth-order valence-electron chi connectivity index (χ4n) is 2.65. The van der Waals surface area contributed by atoms with E-state index in [1.54, 1.807) is 28.8 Å². The van der Waals surface area contributed by atoms with Gasteiger partial charge in [-0.05, 0) is 41.3 Å². The molecule has 1 aromatic carbocycles. The summed E-state index contributed by atoms with van der Waals surface area (Å²) in [7, 11) is -1.50. The molecule has 0 spiro atoms. The van der Waals surface area contributed by atoms with Gasteiger partial charge in [0.2, 0.25) is 16.0 Å². The molecule has 1 aliphatic heterocycles. The van der Waals surface area contributed by atoms with Gasteiger partial charge in [0.05, 0.1) is 4.90 Å². The van der Waals surface area contributed by atoms with Gasteiger partial charge in [0.15, 0.2) is 0 Å². The van der Waals surface area contributed by atoms with Crippen LogP contribution in [0.4, 0.5) is 5.95 Å². The summed E-state index contributed by atoms with van der Waals surface area (Å²) < 4.78 is 28.5. The van der Waals surface area contributed by atoms with Crippen LogP contribution in [-0.2, 0) is 16.6 Å². The molecule has 0 unspecified atom stereocenters. The number of hydrogen-bond acceptors (Lipinski definition) is 6. The number of rotatable bonds is 5. The lowest BCUT2D eigenvalue weighted by atomic mass is 10.2. The molecule has 0 radical (unpaired) electrons. The minimum absolute atomic E-state index is 0.345. The van der Waals surface area contributed by atoms with Gasteiger partial charge in [-0.3, -0.25) is 0 Å². The van der Waals surface area contributed by atoms with Gasteiger partial charge in [0, 0.05) is 48.7 Å². The molecule has 0 atom stereocenters. The smallest absolute Gasteiger partial charge is 0.243 e. The molecule has 0 aliphatic carbocycles. The summed E-state index contributed by atoms with van der Waals surface area (Å²) in [5, 5.41) is 3.09. The molecular weight excluding hydrogens is 453 g/mol. The number of benzene rings is 1. The van der Waals surface area contributed by atoms with Crippen molar-refractivity contribution in [2.24, 2.45) is 0 Å². The van der Waals surface area contributed by atoms with E-state index >= 15 is 0 Å². The number of piperazine rings is 1. The van der Waals surface area contributed by atoms with Crippen molar-refractivity contribution in [1.82, 2.24) is 19.2 Å².